The predicted molar refractivity (Wildman–Crippen MR) is 135 cm³/mol. The number of carboxylic acid groups (broad SMARTS) is 1. The van der Waals surface area contributed by atoms with E-state index in [2.05, 4.69) is 40.7 Å². The summed E-state index contributed by atoms with van der Waals surface area (Å²) in [6, 6.07) is 0. The molecule has 4 rings (SSSR count). The van der Waals surface area contributed by atoms with Gasteiger partial charge in [-0.3, -0.25) is 9.59 Å². The number of fused-ring (bicyclic) bond motifs is 5. The van der Waals surface area contributed by atoms with Crippen LogP contribution in [0.5, 0.6) is 0 Å². The van der Waals surface area contributed by atoms with E-state index in [4.69, 9.17) is 0 Å². The van der Waals surface area contributed by atoms with Crippen LogP contribution in [0, 0.1) is 51.8 Å². The Labute approximate surface area is 207 Å². The van der Waals surface area contributed by atoms with E-state index in [1.54, 1.807) is 0 Å². The fourth-order valence-electron chi connectivity index (χ4n) is 10.3. The molecule has 0 heterocycles. The molecule has 2 N–H and O–H groups in total. The van der Waals surface area contributed by atoms with Gasteiger partial charge in [-0.25, -0.2) is 0 Å². The summed E-state index contributed by atoms with van der Waals surface area (Å²) in [6.07, 6.45) is 10.8. The van der Waals surface area contributed by atoms with Crippen molar-refractivity contribution in [1.82, 2.24) is 0 Å². The number of carbonyl (C=O) groups excluding carboxylic acids is 1. The van der Waals surface area contributed by atoms with Crippen molar-refractivity contribution in [1.29, 1.82) is 0 Å². The van der Waals surface area contributed by atoms with E-state index in [0.717, 1.165) is 63.4 Å². The van der Waals surface area contributed by atoms with Crippen molar-refractivity contribution in [3.63, 3.8) is 0 Å². The van der Waals surface area contributed by atoms with E-state index < -0.39 is 5.97 Å². The number of rotatable bonds is 6. The van der Waals surface area contributed by atoms with Gasteiger partial charge in [0.25, 0.3) is 0 Å². The van der Waals surface area contributed by atoms with Crippen LogP contribution in [0.1, 0.15) is 106 Å². The molecule has 192 valence electrons. The van der Waals surface area contributed by atoms with Crippen molar-refractivity contribution in [3.8, 4) is 0 Å². The first-order valence-corrected chi connectivity index (χ1v) is 14.1. The van der Waals surface area contributed by atoms with Crippen LogP contribution in [0.4, 0.5) is 0 Å². The molecular formula is C30H48O4. The minimum atomic E-state index is -0.704. The van der Waals surface area contributed by atoms with Gasteiger partial charge in [-0.15, -0.1) is 0 Å². The first-order chi connectivity index (χ1) is 16.0. The van der Waals surface area contributed by atoms with Gasteiger partial charge in [-0.2, -0.15) is 0 Å². The topological polar surface area (TPSA) is 74.6 Å². The molecular weight excluding hydrogens is 424 g/mol. The van der Waals surface area contributed by atoms with E-state index in [0.29, 0.717) is 35.4 Å². The number of Topliss-reactive ketones (excluding diaryl/α,β-unsaturated/α-hetero) is 1. The van der Waals surface area contributed by atoms with Gasteiger partial charge in [0.1, 0.15) is 0 Å². The fourth-order valence-corrected chi connectivity index (χ4v) is 10.3. The number of aliphatic hydroxyl groups excluding tert-OH is 1. The summed E-state index contributed by atoms with van der Waals surface area (Å²) in [6.45, 7) is 13.7. The van der Waals surface area contributed by atoms with Gasteiger partial charge in [0.05, 0.1) is 6.10 Å². The average molecular weight is 473 g/mol. The van der Waals surface area contributed by atoms with Gasteiger partial charge < -0.3 is 10.2 Å². The highest BCUT2D eigenvalue weighted by atomic mass is 16.4. The Morgan fingerprint density at radius 2 is 1.82 bits per heavy atom. The maximum atomic E-state index is 14.5. The van der Waals surface area contributed by atoms with Crippen LogP contribution in [-0.4, -0.2) is 28.1 Å². The molecule has 0 aromatic rings. The number of carbonyl (C=O) groups is 2. The Morgan fingerprint density at radius 1 is 1.12 bits per heavy atom. The SMILES string of the molecule is C/C=C1\C(=O)[C@H]2C3CC[C@H]([C@H](C)CCC(=O)O)[C@@]3(C)CCC2[C@@]2(C)CC[C@@H](O)C[C@@]12C(C)CC. The van der Waals surface area contributed by atoms with Crippen LogP contribution in [0.2, 0.25) is 0 Å². The van der Waals surface area contributed by atoms with Gasteiger partial charge >= 0.3 is 5.97 Å². The van der Waals surface area contributed by atoms with Crippen LogP contribution in [-0.2, 0) is 9.59 Å². The molecule has 0 aliphatic heterocycles. The molecule has 4 fully saturated rings. The zero-order valence-electron chi connectivity index (χ0n) is 22.4. The van der Waals surface area contributed by atoms with Crippen molar-refractivity contribution in [2.45, 2.75) is 112 Å². The molecule has 0 bridgehead atoms. The molecule has 0 aromatic heterocycles. The lowest BCUT2D eigenvalue weighted by atomic mass is 9.36. The smallest absolute Gasteiger partial charge is 0.303 e. The highest BCUT2D eigenvalue weighted by Crippen LogP contribution is 2.73. The summed E-state index contributed by atoms with van der Waals surface area (Å²) in [5.74, 6) is 1.78. The van der Waals surface area contributed by atoms with Crippen LogP contribution in [0.15, 0.2) is 11.6 Å². The first-order valence-electron chi connectivity index (χ1n) is 14.1. The van der Waals surface area contributed by atoms with Crippen LogP contribution in [0.25, 0.3) is 0 Å². The van der Waals surface area contributed by atoms with Gasteiger partial charge in [-0.05, 0) is 104 Å². The molecule has 4 nitrogen and oxygen atoms in total. The second kappa shape index (κ2) is 9.05. The minimum absolute atomic E-state index is 0.0381. The molecule has 3 unspecified atom stereocenters. The number of ketones is 1. The largest absolute Gasteiger partial charge is 0.481 e. The Kier molecular flexibility index (Phi) is 6.90. The molecule has 10 atom stereocenters. The summed E-state index contributed by atoms with van der Waals surface area (Å²) in [5, 5.41) is 20.1. The highest BCUT2D eigenvalue weighted by molar-refractivity contribution is 6.00. The van der Waals surface area contributed by atoms with E-state index in [-0.39, 0.29) is 34.7 Å². The standard InChI is InChI=1S/C30H48O4/c1-7-19(4)30-17-20(31)13-16-29(30,6)24-14-15-28(5)22(18(3)9-12-25(32)33)10-11-23(28)26(24)27(34)21(30)8-2/h8,18-20,22-24,26,31H,7,9-17H2,1-6H3,(H,32,33)/b21-8+/t18-,19?,20-,22-,23?,24?,26+,28-,29-,30-/m1/s1. The molecule has 0 amide bonds. The lowest BCUT2D eigenvalue weighted by Gasteiger charge is -2.67. The zero-order chi connectivity index (χ0) is 25.1. The Morgan fingerprint density at radius 3 is 2.44 bits per heavy atom. The quantitative estimate of drug-likeness (QED) is 0.424. The van der Waals surface area contributed by atoms with Crippen LogP contribution < -0.4 is 0 Å². The molecule has 0 aromatic carbocycles. The van der Waals surface area contributed by atoms with E-state index >= 15 is 0 Å². The highest BCUT2D eigenvalue weighted by Gasteiger charge is 2.69. The molecule has 0 spiro atoms. The number of aliphatic carboxylic acids is 1. The molecule has 4 saturated carbocycles. The second-order valence-electron chi connectivity index (χ2n) is 13.0. The number of carboxylic acids is 1. The Hall–Kier alpha value is -1.16. The van der Waals surface area contributed by atoms with Gasteiger partial charge in [0.15, 0.2) is 5.78 Å². The summed E-state index contributed by atoms with van der Waals surface area (Å²) in [4.78, 5) is 25.7. The van der Waals surface area contributed by atoms with Gasteiger partial charge in [0.2, 0.25) is 0 Å². The van der Waals surface area contributed by atoms with Gasteiger partial charge in [-0.1, -0.05) is 47.1 Å². The van der Waals surface area contributed by atoms with Crippen molar-refractivity contribution in [3.05, 3.63) is 11.6 Å². The maximum absolute atomic E-state index is 14.5. The molecule has 34 heavy (non-hydrogen) atoms. The lowest BCUT2D eigenvalue weighted by Crippen LogP contribution is -2.65. The normalized spacial score (nSPS) is 47.0. The van der Waals surface area contributed by atoms with E-state index in [1.807, 2.05) is 6.92 Å². The molecule has 4 heteroatoms. The first kappa shape index (κ1) is 25.9. The second-order valence-corrected chi connectivity index (χ2v) is 13.0. The van der Waals surface area contributed by atoms with E-state index in [1.165, 1.54) is 0 Å². The Bertz CT molecular complexity index is 847. The summed E-state index contributed by atoms with van der Waals surface area (Å²) in [7, 11) is 0. The molecule has 4 aliphatic rings. The summed E-state index contributed by atoms with van der Waals surface area (Å²) in [5.41, 5.74) is 0.952. The van der Waals surface area contributed by atoms with Crippen molar-refractivity contribution >= 4 is 11.8 Å². The minimum Gasteiger partial charge on any atom is -0.481 e. The Balaban J connectivity index is 1.74. The average Bonchev–Trinajstić information content (AvgIpc) is 3.15. The summed E-state index contributed by atoms with van der Waals surface area (Å²) >= 11 is 0. The van der Waals surface area contributed by atoms with Crippen molar-refractivity contribution in [2.75, 3.05) is 0 Å². The monoisotopic (exact) mass is 472 g/mol. The predicted octanol–water partition coefficient (Wildman–Crippen LogP) is 6.66. The third-order valence-electron chi connectivity index (χ3n) is 12.0. The molecule has 0 saturated heterocycles. The number of aliphatic hydroxyl groups is 1. The lowest BCUT2D eigenvalue weighted by molar-refractivity contribution is -0.178. The number of allylic oxidation sites excluding steroid dienone is 2. The van der Waals surface area contributed by atoms with Crippen molar-refractivity contribution < 1.29 is 19.8 Å². The van der Waals surface area contributed by atoms with Crippen LogP contribution in [0.3, 0.4) is 0 Å². The maximum Gasteiger partial charge on any atom is 0.303 e. The fraction of sp³-hybridized carbons (Fsp3) is 0.867. The number of hydrogen-bond donors (Lipinski definition) is 2. The van der Waals surface area contributed by atoms with Crippen LogP contribution >= 0.6 is 0 Å². The van der Waals surface area contributed by atoms with E-state index in [9.17, 15) is 19.8 Å². The van der Waals surface area contributed by atoms with Gasteiger partial charge in [0, 0.05) is 17.8 Å². The third kappa shape index (κ3) is 3.48. The molecule has 0 radical (unpaired) electrons. The molecule has 4 aliphatic carbocycles. The third-order valence-corrected chi connectivity index (χ3v) is 12.0. The zero-order valence-corrected chi connectivity index (χ0v) is 22.4. The van der Waals surface area contributed by atoms with Crippen molar-refractivity contribution in [2.24, 2.45) is 51.8 Å². The summed E-state index contributed by atoms with van der Waals surface area (Å²) < 4.78 is 0. The number of hydrogen-bond acceptors (Lipinski definition) is 3.